The Morgan fingerprint density at radius 3 is 2.69 bits per heavy atom. The molecule has 1 rings (SSSR count). The molecule has 0 radical (unpaired) electrons. The van der Waals surface area contributed by atoms with Gasteiger partial charge in [0.2, 0.25) is 0 Å². The lowest BCUT2D eigenvalue weighted by Gasteiger charge is -2.04. The second-order valence-electron chi connectivity index (χ2n) is 4.22. The van der Waals surface area contributed by atoms with Gasteiger partial charge in [0.25, 0.3) is 0 Å². The molecule has 0 saturated heterocycles. The maximum absolute atomic E-state index is 12.9. The maximum atomic E-state index is 12.9. The standard InChI is InChI=1S/C14H22FN/c1-2-3-4-5-6-10-16-12-13-8-7-9-14(15)11-13/h7-9,11,16H,2-6,10,12H2,1H3. The quantitative estimate of drug-likeness (QED) is 0.659. The van der Waals surface area contributed by atoms with E-state index in [9.17, 15) is 4.39 Å². The SMILES string of the molecule is CCCCCCCNCc1cccc(F)c1. The first-order valence-electron chi connectivity index (χ1n) is 6.28. The summed E-state index contributed by atoms with van der Waals surface area (Å²) in [5.74, 6) is -0.151. The van der Waals surface area contributed by atoms with Gasteiger partial charge in [-0.25, -0.2) is 4.39 Å². The summed E-state index contributed by atoms with van der Waals surface area (Å²) in [5.41, 5.74) is 1.02. The number of unbranched alkanes of at least 4 members (excludes halogenated alkanes) is 4. The van der Waals surface area contributed by atoms with Gasteiger partial charge in [-0.3, -0.25) is 0 Å². The van der Waals surface area contributed by atoms with E-state index in [1.165, 1.54) is 38.2 Å². The van der Waals surface area contributed by atoms with Gasteiger partial charge in [-0.05, 0) is 30.7 Å². The first-order chi connectivity index (χ1) is 7.83. The van der Waals surface area contributed by atoms with Gasteiger partial charge < -0.3 is 5.32 Å². The smallest absolute Gasteiger partial charge is 0.123 e. The molecule has 1 nitrogen and oxygen atoms in total. The molecular formula is C14H22FN. The van der Waals surface area contributed by atoms with Crippen LogP contribution < -0.4 is 5.32 Å². The fourth-order valence-electron chi connectivity index (χ4n) is 1.73. The molecule has 0 aliphatic heterocycles. The van der Waals surface area contributed by atoms with Gasteiger partial charge in [0.1, 0.15) is 5.82 Å². The van der Waals surface area contributed by atoms with Crippen LogP contribution in [0.25, 0.3) is 0 Å². The van der Waals surface area contributed by atoms with Gasteiger partial charge in [-0.2, -0.15) is 0 Å². The fraction of sp³-hybridized carbons (Fsp3) is 0.571. The second kappa shape index (κ2) is 8.28. The molecule has 0 heterocycles. The number of rotatable bonds is 8. The van der Waals surface area contributed by atoms with E-state index in [4.69, 9.17) is 0 Å². The highest BCUT2D eigenvalue weighted by Gasteiger charge is 1.94. The monoisotopic (exact) mass is 223 g/mol. The third kappa shape index (κ3) is 5.86. The van der Waals surface area contributed by atoms with Crippen molar-refractivity contribution in [1.29, 1.82) is 0 Å². The third-order valence-corrected chi connectivity index (χ3v) is 2.68. The van der Waals surface area contributed by atoms with E-state index >= 15 is 0 Å². The Morgan fingerprint density at radius 1 is 1.12 bits per heavy atom. The average molecular weight is 223 g/mol. The molecule has 0 atom stereocenters. The van der Waals surface area contributed by atoms with E-state index in [2.05, 4.69) is 12.2 Å². The average Bonchev–Trinajstić information content (AvgIpc) is 2.28. The highest BCUT2D eigenvalue weighted by Crippen LogP contribution is 2.04. The number of benzene rings is 1. The number of nitrogens with one attached hydrogen (secondary N) is 1. The zero-order valence-electron chi connectivity index (χ0n) is 10.1. The van der Waals surface area contributed by atoms with E-state index < -0.39 is 0 Å². The summed E-state index contributed by atoms with van der Waals surface area (Å²) in [5, 5.41) is 3.34. The van der Waals surface area contributed by atoms with Crippen molar-refractivity contribution in [3.05, 3.63) is 35.6 Å². The molecule has 0 saturated carbocycles. The molecule has 1 N–H and O–H groups in total. The maximum Gasteiger partial charge on any atom is 0.123 e. The van der Waals surface area contributed by atoms with E-state index in [0.29, 0.717) is 0 Å². The second-order valence-corrected chi connectivity index (χ2v) is 4.22. The first kappa shape index (κ1) is 13.2. The summed E-state index contributed by atoms with van der Waals surface area (Å²) >= 11 is 0. The lowest BCUT2D eigenvalue weighted by Crippen LogP contribution is -2.14. The summed E-state index contributed by atoms with van der Waals surface area (Å²) in [4.78, 5) is 0. The molecule has 0 aliphatic carbocycles. The van der Waals surface area contributed by atoms with Gasteiger partial charge in [0.15, 0.2) is 0 Å². The van der Waals surface area contributed by atoms with Crippen LogP contribution >= 0.6 is 0 Å². The minimum atomic E-state index is -0.151. The van der Waals surface area contributed by atoms with E-state index in [-0.39, 0.29) is 5.82 Å². The van der Waals surface area contributed by atoms with Crippen molar-refractivity contribution in [1.82, 2.24) is 5.32 Å². The predicted molar refractivity (Wildman–Crippen MR) is 66.9 cm³/mol. The Bertz CT molecular complexity index is 286. The van der Waals surface area contributed by atoms with Crippen LogP contribution in [-0.2, 0) is 6.54 Å². The predicted octanol–water partition coefficient (Wildman–Crippen LogP) is 3.89. The fourth-order valence-corrected chi connectivity index (χ4v) is 1.73. The summed E-state index contributed by atoms with van der Waals surface area (Å²) < 4.78 is 12.9. The molecule has 0 amide bonds. The van der Waals surface area contributed by atoms with Gasteiger partial charge in [0, 0.05) is 6.54 Å². The van der Waals surface area contributed by atoms with Crippen molar-refractivity contribution in [2.75, 3.05) is 6.54 Å². The van der Waals surface area contributed by atoms with Crippen molar-refractivity contribution in [3.63, 3.8) is 0 Å². The molecule has 0 aromatic heterocycles. The number of hydrogen-bond donors (Lipinski definition) is 1. The Balaban J connectivity index is 2.03. The highest BCUT2D eigenvalue weighted by atomic mass is 19.1. The Hall–Kier alpha value is -0.890. The molecule has 2 heteroatoms. The Kier molecular flexibility index (Phi) is 6.82. The largest absolute Gasteiger partial charge is 0.313 e. The van der Waals surface area contributed by atoms with E-state index in [1.54, 1.807) is 12.1 Å². The summed E-state index contributed by atoms with van der Waals surface area (Å²) in [6, 6.07) is 6.78. The lowest BCUT2D eigenvalue weighted by atomic mass is 10.1. The van der Waals surface area contributed by atoms with Crippen LogP contribution in [0.4, 0.5) is 4.39 Å². The van der Waals surface area contributed by atoms with Crippen LogP contribution in [0.3, 0.4) is 0 Å². The minimum absolute atomic E-state index is 0.151. The zero-order valence-corrected chi connectivity index (χ0v) is 10.1. The van der Waals surface area contributed by atoms with Crippen LogP contribution in [0.5, 0.6) is 0 Å². The normalized spacial score (nSPS) is 10.6. The molecule has 0 fully saturated rings. The number of hydrogen-bond acceptors (Lipinski definition) is 1. The van der Waals surface area contributed by atoms with Crippen molar-refractivity contribution in [2.45, 2.75) is 45.6 Å². The van der Waals surface area contributed by atoms with Gasteiger partial charge >= 0.3 is 0 Å². The molecule has 90 valence electrons. The van der Waals surface area contributed by atoms with Crippen LogP contribution in [0, 0.1) is 5.82 Å². The molecule has 16 heavy (non-hydrogen) atoms. The van der Waals surface area contributed by atoms with Crippen LogP contribution in [0.2, 0.25) is 0 Å². The zero-order chi connectivity index (χ0) is 11.6. The molecule has 1 aromatic rings. The van der Waals surface area contributed by atoms with Crippen molar-refractivity contribution < 1.29 is 4.39 Å². The molecule has 0 spiro atoms. The molecular weight excluding hydrogens is 201 g/mol. The van der Waals surface area contributed by atoms with Crippen LogP contribution in [0.15, 0.2) is 24.3 Å². The lowest BCUT2D eigenvalue weighted by molar-refractivity contribution is 0.580. The minimum Gasteiger partial charge on any atom is -0.313 e. The molecule has 0 aliphatic rings. The summed E-state index contributed by atoms with van der Waals surface area (Å²) in [6.45, 7) is 4.02. The summed E-state index contributed by atoms with van der Waals surface area (Å²) in [7, 11) is 0. The van der Waals surface area contributed by atoms with Crippen molar-refractivity contribution in [2.24, 2.45) is 0 Å². The van der Waals surface area contributed by atoms with Gasteiger partial charge in [-0.1, -0.05) is 44.7 Å². The van der Waals surface area contributed by atoms with Crippen LogP contribution in [-0.4, -0.2) is 6.54 Å². The van der Waals surface area contributed by atoms with Crippen LogP contribution in [0.1, 0.15) is 44.6 Å². The Morgan fingerprint density at radius 2 is 1.94 bits per heavy atom. The van der Waals surface area contributed by atoms with E-state index in [1.807, 2.05) is 6.07 Å². The third-order valence-electron chi connectivity index (χ3n) is 2.68. The topological polar surface area (TPSA) is 12.0 Å². The summed E-state index contributed by atoms with van der Waals surface area (Å²) in [6.07, 6.45) is 6.47. The molecule has 0 bridgehead atoms. The highest BCUT2D eigenvalue weighted by molar-refractivity contribution is 5.15. The van der Waals surface area contributed by atoms with Crippen molar-refractivity contribution >= 4 is 0 Å². The Labute approximate surface area is 98.1 Å². The number of halogens is 1. The van der Waals surface area contributed by atoms with Gasteiger partial charge in [0.05, 0.1) is 0 Å². The first-order valence-corrected chi connectivity index (χ1v) is 6.28. The molecule has 0 unspecified atom stereocenters. The van der Waals surface area contributed by atoms with Gasteiger partial charge in [-0.15, -0.1) is 0 Å². The van der Waals surface area contributed by atoms with Crippen molar-refractivity contribution in [3.8, 4) is 0 Å². The molecule has 1 aromatic carbocycles. The van der Waals surface area contributed by atoms with E-state index in [0.717, 1.165) is 18.7 Å².